The SMILES string of the molecule is NS(=O)(=O)c1cccc(NS(=O)(=O)C2CCNCC2)c1. The van der Waals surface area contributed by atoms with Gasteiger partial charge >= 0.3 is 0 Å². The Hall–Kier alpha value is -1.16. The second-order valence-electron chi connectivity index (χ2n) is 4.67. The summed E-state index contributed by atoms with van der Waals surface area (Å²) in [6.45, 7) is 1.31. The number of nitrogens with one attached hydrogen (secondary N) is 2. The fourth-order valence-electron chi connectivity index (χ4n) is 2.09. The van der Waals surface area contributed by atoms with E-state index >= 15 is 0 Å². The summed E-state index contributed by atoms with van der Waals surface area (Å²) in [6.07, 6.45) is 1.06. The number of sulfonamides is 2. The fourth-order valence-corrected chi connectivity index (χ4v) is 4.13. The molecule has 1 saturated heterocycles. The number of hydrogen-bond donors (Lipinski definition) is 3. The number of rotatable bonds is 4. The molecule has 9 heteroatoms. The average Bonchev–Trinajstić information content (AvgIpc) is 2.38. The van der Waals surface area contributed by atoms with Crippen LogP contribution in [0.4, 0.5) is 5.69 Å². The Bertz CT molecular complexity index is 679. The van der Waals surface area contributed by atoms with Gasteiger partial charge in [0, 0.05) is 5.69 Å². The molecule has 0 saturated carbocycles. The number of nitrogens with two attached hydrogens (primary N) is 1. The Morgan fingerprint density at radius 3 is 2.40 bits per heavy atom. The Morgan fingerprint density at radius 1 is 1.15 bits per heavy atom. The molecule has 7 nitrogen and oxygen atoms in total. The van der Waals surface area contributed by atoms with E-state index in [1.54, 1.807) is 0 Å². The lowest BCUT2D eigenvalue weighted by Crippen LogP contribution is -2.38. The number of anilines is 1. The molecule has 1 fully saturated rings. The molecule has 0 amide bonds. The molecular formula is C11H17N3O4S2. The van der Waals surface area contributed by atoms with E-state index in [9.17, 15) is 16.8 Å². The highest BCUT2D eigenvalue weighted by Gasteiger charge is 2.27. The molecular weight excluding hydrogens is 302 g/mol. The average molecular weight is 319 g/mol. The predicted molar refractivity (Wildman–Crippen MR) is 76.2 cm³/mol. The molecule has 0 spiro atoms. The van der Waals surface area contributed by atoms with Crippen LogP contribution in [-0.2, 0) is 20.0 Å². The molecule has 1 heterocycles. The highest BCUT2D eigenvalue weighted by atomic mass is 32.2. The summed E-state index contributed by atoms with van der Waals surface area (Å²) in [5.74, 6) is 0. The van der Waals surface area contributed by atoms with Crippen molar-refractivity contribution in [2.24, 2.45) is 5.14 Å². The molecule has 1 aromatic carbocycles. The minimum atomic E-state index is -3.85. The van der Waals surface area contributed by atoms with E-state index in [2.05, 4.69) is 10.0 Å². The molecule has 0 unspecified atom stereocenters. The molecule has 1 aliphatic rings. The lowest BCUT2D eigenvalue weighted by Gasteiger charge is -2.23. The van der Waals surface area contributed by atoms with Crippen LogP contribution in [0.3, 0.4) is 0 Å². The maximum atomic E-state index is 12.2. The zero-order valence-electron chi connectivity index (χ0n) is 10.7. The first kappa shape index (κ1) is 15.2. The summed E-state index contributed by atoms with van der Waals surface area (Å²) < 4.78 is 49.3. The normalized spacial score (nSPS) is 17.9. The maximum absolute atomic E-state index is 12.2. The van der Waals surface area contributed by atoms with Crippen LogP contribution in [0, 0.1) is 0 Å². The van der Waals surface area contributed by atoms with E-state index in [1.807, 2.05) is 0 Å². The zero-order valence-corrected chi connectivity index (χ0v) is 12.4. The third kappa shape index (κ3) is 3.69. The summed E-state index contributed by atoms with van der Waals surface area (Å²) in [5.41, 5.74) is 0.204. The van der Waals surface area contributed by atoms with Crippen molar-refractivity contribution in [1.29, 1.82) is 0 Å². The molecule has 0 aromatic heterocycles. The fraction of sp³-hybridized carbons (Fsp3) is 0.455. The van der Waals surface area contributed by atoms with Crippen molar-refractivity contribution < 1.29 is 16.8 Å². The lowest BCUT2D eigenvalue weighted by atomic mass is 10.2. The third-order valence-corrected chi connectivity index (χ3v) is 5.93. The standard InChI is InChI=1S/C11H17N3O4S2/c12-19(15,16)11-3-1-2-9(8-11)14-20(17,18)10-4-6-13-7-5-10/h1-3,8,10,13-14H,4-7H2,(H2,12,15,16). The molecule has 0 atom stereocenters. The highest BCUT2D eigenvalue weighted by molar-refractivity contribution is 7.93. The van der Waals surface area contributed by atoms with E-state index in [-0.39, 0.29) is 10.6 Å². The molecule has 0 bridgehead atoms. The van der Waals surface area contributed by atoms with Gasteiger partial charge in [0.1, 0.15) is 0 Å². The molecule has 1 aliphatic heterocycles. The van der Waals surface area contributed by atoms with Gasteiger partial charge in [0.2, 0.25) is 20.0 Å². The molecule has 0 aliphatic carbocycles. The number of hydrogen-bond acceptors (Lipinski definition) is 5. The smallest absolute Gasteiger partial charge is 0.238 e. The third-order valence-electron chi connectivity index (χ3n) is 3.15. The molecule has 2 rings (SSSR count). The zero-order chi connectivity index (χ0) is 14.8. The Morgan fingerprint density at radius 2 is 1.80 bits per heavy atom. The topological polar surface area (TPSA) is 118 Å². The number of benzene rings is 1. The van der Waals surface area contributed by atoms with Crippen LogP contribution >= 0.6 is 0 Å². The van der Waals surface area contributed by atoms with Gasteiger partial charge in [-0.2, -0.15) is 0 Å². The number of primary sulfonamides is 1. The van der Waals surface area contributed by atoms with Crippen LogP contribution in [0.25, 0.3) is 0 Å². The van der Waals surface area contributed by atoms with Gasteiger partial charge in [0.25, 0.3) is 0 Å². The van der Waals surface area contributed by atoms with Crippen LogP contribution in [0.5, 0.6) is 0 Å². The predicted octanol–water partition coefficient (Wildman–Crippen LogP) is -0.172. The first-order valence-electron chi connectivity index (χ1n) is 6.14. The van der Waals surface area contributed by atoms with Crippen molar-refractivity contribution in [2.75, 3.05) is 17.8 Å². The van der Waals surface area contributed by atoms with Crippen molar-refractivity contribution in [2.45, 2.75) is 23.0 Å². The van der Waals surface area contributed by atoms with Crippen LogP contribution in [0.1, 0.15) is 12.8 Å². The van der Waals surface area contributed by atoms with Gasteiger partial charge in [0.15, 0.2) is 0 Å². The van der Waals surface area contributed by atoms with Gasteiger partial charge < -0.3 is 5.32 Å². The van der Waals surface area contributed by atoms with Crippen LogP contribution in [0.15, 0.2) is 29.2 Å². The van der Waals surface area contributed by atoms with E-state index in [0.717, 1.165) is 0 Å². The van der Waals surface area contributed by atoms with E-state index < -0.39 is 25.3 Å². The quantitative estimate of drug-likeness (QED) is 0.712. The maximum Gasteiger partial charge on any atom is 0.238 e. The van der Waals surface area contributed by atoms with Crippen molar-refractivity contribution in [3.8, 4) is 0 Å². The Labute approximate surface area is 118 Å². The molecule has 20 heavy (non-hydrogen) atoms. The highest BCUT2D eigenvalue weighted by Crippen LogP contribution is 2.19. The van der Waals surface area contributed by atoms with Crippen LogP contribution in [0.2, 0.25) is 0 Å². The molecule has 112 valence electrons. The minimum absolute atomic E-state index is 0.122. The van der Waals surface area contributed by atoms with E-state index in [1.165, 1.54) is 24.3 Å². The van der Waals surface area contributed by atoms with Crippen LogP contribution in [-0.4, -0.2) is 35.2 Å². The van der Waals surface area contributed by atoms with Crippen molar-refractivity contribution in [1.82, 2.24) is 5.32 Å². The van der Waals surface area contributed by atoms with Crippen molar-refractivity contribution in [3.05, 3.63) is 24.3 Å². The number of piperidine rings is 1. The summed E-state index contributed by atoms with van der Waals surface area (Å²) in [5, 5.41) is 7.64. The second kappa shape index (κ2) is 5.68. The summed E-state index contributed by atoms with van der Waals surface area (Å²) >= 11 is 0. The lowest BCUT2D eigenvalue weighted by molar-refractivity contribution is 0.499. The van der Waals surface area contributed by atoms with Crippen molar-refractivity contribution in [3.63, 3.8) is 0 Å². The Kier molecular flexibility index (Phi) is 4.33. The van der Waals surface area contributed by atoms with Crippen LogP contribution < -0.4 is 15.2 Å². The summed E-state index contributed by atoms with van der Waals surface area (Å²) in [4.78, 5) is -0.122. The monoisotopic (exact) mass is 319 g/mol. The Balaban J connectivity index is 2.21. The van der Waals surface area contributed by atoms with Gasteiger partial charge in [-0.1, -0.05) is 6.07 Å². The first-order chi connectivity index (χ1) is 9.29. The molecule has 0 radical (unpaired) electrons. The van der Waals surface area contributed by atoms with E-state index in [0.29, 0.717) is 25.9 Å². The molecule has 1 aromatic rings. The van der Waals surface area contributed by atoms with Gasteiger partial charge in [0.05, 0.1) is 10.1 Å². The van der Waals surface area contributed by atoms with E-state index in [4.69, 9.17) is 5.14 Å². The largest absolute Gasteiger partial charge is 0.317 e. The molecule has 4 N–H and O–H groups in total. The summed E-state index contributed by atoms with van der Waals surface area (Å²) in [7, 11) is -7.37. The van der Waals surface area contributed by atoms with Gasteiger partial charge in [-0.25, -0.2) is 22.0 Å². The van der Waals surface area contributed by atoms with Gasteiger partial charge in [-0.15, -0.1) is 0 Å². The second-order valence-corrected chi connectivity index (χ2v) is 8.19. The first-order valence-corrected chi connectivity index (χ1v) is 9.23. The minimum Gasteiger partial charge on any atom is -0.317 e. The van der Waals surface area contributed by atoms with Gasteiger partial charge in [-0.05, 0) is 44.1 Å². The van der Waals surface area contributed by atoms with Gasteiger partial charge in [-0.3, -0.25) is 4.72 Å². The summed E-state index contributed by atoms with van der Waals surface area (Å²) in [6, 6.07) is 5.47. The van der Waals surface area contributed by atoms with Crippen molar-refractivity contribution >= 4 is 25.7 Å².